The van der Waals surface area contributed by atoms with E-state index >= 15 is 0 Å². The SMILES string of the molecule is COC1CCC(NC(C)Cc2ccc(Br)cc2)CC1. The number of hydrogen-bond donors (Lipinski definition) is 1. The molecule has 1 aliphatic rings. The van der Waals surface area contributed by atoms with Crippen molar-refractivity contribution in [3.05, 3.63) is 34.3 Å². The van der Waals surface area contributed by atoms with E-state index in [2.05, 4.69) is 52.4 Å². The summed E-state index contributed by atoms with van der Waals surface area (Å²) in [6, 6.07) is 9.83. The molecule has 0 radical (unpaired) electrons. The van der Waals surface area contributed by atoms with Crippen molar-refractivity contribution in [1.82, 2.24) is 5.32 Å². The van der Waals surface area contributed by atoms with Crippen LogP contribution in [0.4, 0.5) is 0 Å². The van der Waals surface area contributed by atoms with Gasteiger partial charge in [0.15, 0.2) is 0 Å². The highest BCUT2D eigenvalue weighted by Crippen LogP contribution is 2.21. The van der Waals surface area contributed by atoms with E-state index in [-0.39, 0.29) is 0 Å². The quantitative estimate of drug-likeness (QED) is 0.885. The molecular weight excluding hydrogens is 302 g/mol. The molecule has 0 amide bonds. The zero-order valence-corrected chi connectivity index (χ0v) is 13.4. The predicted octanol–water partition coefficient (Wildman–Crippen LogP) is 3.93. The lowest BCUT2D eigenvalue weighted by Gasteiger charge is -2.30. The van der Waals surface area contributed by atoms with Gasteiger partial charge in [0, 0.05) is 23.7 Å². The highest BCUT2D eigenvalue weighted by Gasteiger charge is 2.21. The van der Waals surface area contributed by atoms with E-state index in [0.29, 0.717) is 18.2 Å². The van der Waals surface area contributed by atoms with Crippen LogP contribution in [-0.4, -0.2) is 25.3 Å². The van der Waals surface area contributed by atoms with E-state index in [1.54, 1.807) is 0 Å². The van der Waals surface area contributed by atoms with Crippen LogP contribution in [0.3, 0.4) is 0 Å². The molecule has 0 aliphatic heterocycles. The summed E-state index contributed by atoms with van der Waals surface area (Å²) in [4.78, 5) is 0. The molecule has 0 bridgehead atoms. The molecule has 1 aromatic rings. The topological polar surface area (TPSA) is 21.3 Å². The van der Waals surface area contributed by atoms with Gasteiger partial charge in [-0.15, -0.1) is 0 Å². The van der Waals surface area contributed by atoms with Gasteiger partial charge in [-0.1, -0.05) is 28.1 Å². The smallest absolute Gasteiger partial charge is 0.0572 e. The summed E-state index contributed by atoms with van der Waals surface area (Å²) in [7, 11) is 1.83. The second-order valence-corrected chi connectivity index (χ2v) is 6.52. The Morgan fingerprint density at radius 1 is 1.21 bits per heavy atom. The number of hydrogen-bond acceptors (Lipinski definition) is 2. The van der Waals surface area contributed by atoms with Crippen LogP contribution in [0.15, 0.2) is 28.7 Å². The molecule has 2 rings (SSSR count). The Balaban J connectivity index is 1.75. The van der Waals surface area contributed by atoms with Crippen LogP contribution in [0.25, 0.3) is 0 Å². The first-order valence-electron chi connectivity index (χ1n) is 7.20. The van der Waals surface area contributed by atoms with Gasteiger partial charge in [0.2, 0.25) is 0 Å². The van der Waals surface area contributed by atoms with Crippen LogP contribution in [0, 0.1) is 0 Å². The lowest BCUT2D eigenvalue weighted by molar-refractivity contribution is 0.0614. The average Bonchev–Trinajstić information content (AvgIpc) is 2.42. The molecule has 0 aromatic heterocycles. The fourth-order valence-corrected chi connectivity index (χ4v) is 3.16. The Morgan fingerprint density at radius 2 is 1.84 bits per heavy atom. The van der Waals surface area contributed by atoms with E-state index in [1.807, 2.05) is 7.11 Å². The van der Waals surface area contributed by atoms with Gasteiger partial charge < -0.3 is 10.1 Å². The van der Waals surface area contributed by atoms with Gasteiger partial charge in [0.1, 0.15) is 0 Å². The van der Waals surface area contributed by atoms with Crippen molar-refractivity contribution in [2.75, 3.05) is 7.11 Å². The van der Waals surface area contributed by atoms with E-state index in [0.717, 1.165) is 10.9 Å². The number of benzene rings is 1. The van der Waals surface area contributed by atoms with Crippen molar-refractivity contribution in [2.24, 2.45) is 0 Å². The molecule has 0 spiro atoms. The molecule has 2 nitrogen and oxygen atoms in total. The maximum atomic E-state index is 5.42. The molecule has 1 N–H and O–H groups in total. The molecule has 1 fully saturated rings. The Bertz CT molecular complexity index is 371. The first-order valence-corrected chi connectivity index (χ1v) is 8.00. The lowest BCUT2D eigenvalue weighted by atomic mass is 9.92. The van der Waals surface area contributed by atoms with Gasteiger partial charge in [-0.25, -0.2) is 0 Å². The number of methoxy groups -OCH3 is 1. The predicted molar refractivity (Wildman–Crippen MR) is 83.5 cm³/mol. The van der Waals surface area contributed by atoms with E-state index in [1.165, 1.54) is 31.2 Å². The first kappa shape index (κ1) is 15.0. The van der Waals surface area contributed by atoms with Gasteiger partial charge in [0.05, 0.1) is 6.10 Å². The minimum atomic E-state index is 0.486. The average molecular weight is 326 g/mol. The van der Waals surface area contributed by atoms with Gasteiger partial charge in [-0.2, -0.15) is 0 Å². The number of rotatable bonds is 5. The van der Waals surface area contributed by atoms with Crippen molar-refractivity contribution >= 4 is 15.9 Å². The molecule has 1 aromatic carbocycles. The van der Waals surface area contributed by atoms with Crippen molar-refractivity contribution < 1.29 is 4.74 Å². The molecule has 0 heterocycles. The standard InChI is InChI=1S/C16H24BrNO/c1-12(11-13-3-5-14(17)6-4-13)18-15-7-9-16(19-2)10-8-15/h3-6,12,15-16,18H,7-11H2,1-2H3. The van der Waals surface area contributed by atoms with E-state index in [4.69, 9.17) is 4.74 Å². The zero-order chi connectivity index (χ0) is 13.7. The van der Waals surface area contributed by atoms with Gasteiger partial charge in [-0.05, 0) is 56.7 Å². The molecule has 19 heavy (non-hydrogen) atoms. The molecule has 1 atom stereocenters. The van der Waals surface area contributed by atoms with Crippen LogP contribution in [0.1, 0.15) is 38.2 Å². The largest absolute Gasteiger partial charge is 0.381 e. The summed E-state index contributed by atoms with van der Waals surface area (Å²) >= 11 is 3.48. The van der Waals surface area contributed by atoms with Crippen LogP contribution in [0.5, 0.6) is 0 Å². The van der Waals surface area contributed by atoms with Crippen molar-refractivity contribution in [3.63, 3.8) is 0 Å². The van der Waals surface area contributed by atoms with Crippen molar-refractivity contribution in [2.45, 2.75) is 57.2 Å². The monoisotopic (exact) mass is 325 g/mol. The third-order valence-electron chi connectivity index (χ3n) is 3.98. The summed E-state index contributed by atoms with van der Waals surface area (Å²) in [6.07, 6.45) is 6.45. The second-order valence-electron chi connectivity index (χ2n) is 5.61. The normalized spacial score (nSPS) is 25.2. The summed E-state index contributed by atoms with van der Waals surface area (Å²) in [6.45, 7) is 2.28. The van der Waals surface area contributed by atoms with Crippen LogP contribution < -0.4 is 5.32 Å². The zero-order valence-electron chi connectivity index (χ0n) is 11.9. The maximum absolute atomic E-state index is 5.42. The summed E-state index contributed by atoms with van der Waals surface area (Å²) in [5.41, 5.74) is 1.40. The number of ether oxygens (including phenoxy) is 1. The minimum Gasteiger partial charge on any atom is -0.381 e. The Morgan fingerprint density at radius 3 is 2.42 bits per heavy atom. The van der Waals surface area contributed by atoms with Crippen LogP contribution >= 0.6 is 15.9 Å². The number of halogens is 1. The second kappa shape index (κ2) is 7.41. The maximum Gasteiger partial charge on any atom is 0.0572 e. The van der Waals surface area contributed by atoms with Crippen molar-refractivity contribution in [3.8, 4) is 0 Å². The van der Waals surface area contributed by atoms with E-state index < -0.39 is 0 Å². The number of nitrogens with one attached hydrogen (secondary N) is 1. The summed E-state index contributed by atoms with van der Waals surface area (Å²) < 4.78 is 6.57. The Hall–Kier alpha value is -0.380. The van der Waals surface area contributed by atoms with Crippen LogP contribution in [0.2, 0.25) is 0 Å². The third kappa shape index (κ3) is 4.90. The Labute approximate surface area is 125 Å². The van der Waals surface area contributed by atoms with Crippen molar-refractivity contribution in [1.29, 1.82) is 0 Å². The molecule has 1 aliphatic carbocycles. The minimum absolute atomic E-state index is 0.486. The van der Waals surface area contributed by atoms with Gasteiger partial charge in [0.25, 0.3) is 0 Å². The fourth-order valence-electron chi connectivity index (χ4n) is 2.90. The van der Waals surface area contributed by atoms with Gasteiger partial charge in [-0.3, -0.25) is 0 Å². The fraction of sp³-hybridized carbons (Fsp3) is 0.625. The van der Waals surface area contributed by atoms with Gasteiger partial charge >= 0.3 is 0 Å². The molecule has 0 saturated heterocycles. The highest BCUT2D eigenvalue weighted by atomic mass is 79.9. The third-order valence-corrected chi connectivity index (χ3v) is 4.51. The van der Waals surface area contributed by atoms with Crippen LogP contribution in [-0.2, 0) is 11.2 Å². The summed E-state index contributed by atoms with van der Waals surface area (Å²) in [5.74, 6) is 0. The molecule has 106 valence electrons. The highest BCUT2D eigenvalue weighted by molar-refractivity contribution is 9.10. The lowest BCUT2D eigenvalue weighted by Crippen LogP contribution is -2.41. The molecule has 1 unspecified atom stereocenters. The Kier molecular flexibility index (Phi) is 5.86. The first-order chi connectivity index (χ1) is 9.17. The van der Waals surface area contributed by atoms with E-state index in [9.17, 15) is 0 Å². The molecule has 3 heteroatoms. The molecule has 1 saturated carbocycles. The summed E-state index contributed by atoms with van der Waals surface area (Å²) in [5, 5.41) is 3.76. The molecular formula is C16H24BrNO.